The minimum Gasteiger partial charge on any atom is -0.121 e. The minimum atomic E-state index is 0.412. The van der Waals surface area contributed by atoms with Gasteiger partial charge in [0.25, 0.3) is 0 Å². The Balaban J connectivity index is 2.63. The molecule has 0 bridgehead atoms. The molecule has 0 heterocycles. The molecule has 0 saturated heterocycles. The van der Waals surface area contributed by atoms with E-state index in [1.165, 1.54) is 14.5 Å². The van der Waals surface area contributed by atoms with Crippen molar-refractivity contribution in [3.63, 3.8) is 0 Å². The summed E-state index contributed by atoms with van der Waals surface area (Å²) in [5.74, 6) is 1.47. The number of rotatable bonds is 2. The van der Waals surface area contributed by atoms with Gasteiger partial charge in [0, 0.05) is 0 Å². The monoisotopic (exact) mass is 122 g/mol. The van der Waals surface area contributed by atoms with Gasteiger partial charge in [-0.1, -0.05) is 0 Å². The summed E-state index contributed by atoms with van der Waals surface area (Å²) in [5.41, 5.74) is 0. The van der Waals surface area contributed by atoms with Crippen LogP contribution in [-0.2, 0) is 0 Å². The molecule has 0 aliphatic carbocycles. The number of hydrogen-bond acceptors (Lipinski definition) is 0. The Morgan fingerprint density at radius 1 is 1.50 bits per heavy atom. The van der Waals surface area contributed by atoms with Gasteiger partial charge in [0.15, 0.2) is 0 Å². The predicted octanol–water partition coefficient (Wildman–Crippen LogP) is 1.99. The van der Waals surface area contributed by atoms with Crippen molar-refractivity contribution in [1.82, 2.24) is 0 Å². The van der Waals surface area contributed by atoms with E-state index in [4.69, 9.17) is 0 Å². The maximum Gasteiger partial charge on any atom is -0.0155 e. The highest BCUT2D eigenvalue weighted by atomic mass is 31.2. The minimum absolute atomic E-state index is 0.412. The molecule has 2 heteroatoms. The highest BCUT2D eigenvalue weighted by Gasteiger charge is 1.83. The van der Waals surface area contributed by atoms with E-state index in [1.54, 1.807) is 0 Å². The maximum atomic E-state index is 2.33. The fourth-order valence-corrected chi connectivity index (χ4v) is 2.85. The molecule has 1 atom stereocenters. The maximum absolute atomic E-state index is 2.33. The van der Waals surface area contributed by atoms with Gasteiger partial charge in [0.2, 0.25) is 0 Å². The highest BCUT2D eigenvalue weighted by Crippen LogP contribution is 2.31. The largest absolute Gasteiger partial charge is 0.121 e. The van der Waals surface area contributed by atoms with E-state index < -0.39 is 0 Å². The molecule has 0 nitrogen and oxygen atoms in total. The lowest BCUT2D eigenvalue weighted by Crippen LogP contribution is -1.65. The molecule has 0 amide bonds. The summed E-state index contributed by atoms with van der Waals surface area (Å²) in [6, 6.07) is 0. The standard InChI is InChI=1S/C4H12P2/c1-5-4-6(2)3/h5H,4H2,1-3H3. The Labute approximate surface area is 43.2 Å². The smallest absolute Gasteiger partial charge is 0.0155 e. The third-order valence-corrected chi connectivity index (χ3v) is 4.27. The van der Waals surface area contributed by atoms with Crippen LogP contribution in [0.4, 0.5) is 0 Å². The number of hydrogen-bond donors (Lipinski definition) is 0. The van der Waals surface area contributed by atoms with E-state index in [-0.39, 0.29) is 0 Å². The van der Waals surface area contributed by atoms with Gasteiger partial charge in [-0.15, -0.1) is 16.5 Å². The van der Waals surface area contributed by atoms with Crippen LogP contribution in [0.25, 0.3) is 0 Å². The van der Waals surface area contributed by atoms with Crippen LogP contribution >= 0.6 is 16.5 Å². The third-order valence-electron chi connectivity index (χ3n) is 0.474. The van der Waals surface area contributed by atoms with E-state index in [2.05, 4.69) is 20.0 Å². The zero-order valence-electron chi connectivity index (χ0n) is 4.65. The van der Waals surface area contributed by atoms with Gasteiger partial charge < -0.3 is 0 Å². The van der Waals surface area contributed by atoms with Crippen molar-refractivity contribution >= 4 is 16.5 Å². The molecular weight excluding hydrogens is 110 g/mol. The topological polar surface area (TPSA) is 0 Å². The van der Waals surface area contributed by atoms with Crippen molar-refractivity contribution in [1.29, 1.82) is 0 Å². The van der Waals surface area contributed by atoms with Gasteiger partial charge in [0.05, 0.1) is 0 Å². The molecule has 0 aromatic rings. The molecule has 6 heavy (non-hydrogen) atoms. The van der Waals surface area contributed by atoms with Gasteiger partial charge in [-0.25, -0.2) is 0 Å². The second kappa shape index (κ2) is 4.03. The summed E-state index contributed by atoms with van der Waals surface area (Å²) >= 11 is 0. The fourth-order valence-electron chi connectivity index (χ4n) is 0.316. The Morgan fingerprint density at radius 2 is 2.00 bits per heavy atom. The van der Waals surface area contributed by atoms with Crippen molar-refractivity contribution in [2.45, 2.75) is 0 Å². The van der Waals surface area contributed by atoms with Crippen LogP contribution in [0.1, 0.15) is 0 Å². The third kappa shape index (κ3) is 4.86. The highest BCUT2D eigenvalue weighted by molar-refractivity contribution is 7.66. The lowest BCUT2D eigenvalue weighted by Gasteiger charge is -1.97. The molecule has 0 aliphatic heterocycles. The van der Waals surface area contributed by atoms with Crippen LogP contribution in [0.5, 0.6) is 0 Å². The first-order valence-electron chi connectivity index (χ1n) is 2.06. The molecule has 0 aliphatic rings. The zero-order chi connectivity index (χ0) is 4.99. The average molecular weight is 122 g/mol. The van der Waals surface area contributed by atoms with Gasteiger partial charge in [-0.2, -0.15) is 0 Å². The first kappa shape index (κ1) is 6.86. The summed E-state index contributed by atoms with van der Waals surface area (Å²) in [6.07, 6.45) is 0. The Bertz CT molecular complexity index is 26.7. The lowest BCUT2D eigenvalue weighted by atomic mass is 11.8. The molecule has 0 aromatic heterocycles. The molecule has 0 aromatic carbocycles. The Hall–Kier alpha value is 0.860. The molecule has 1 unspecified atom stereocenters. The van der Waals surface area contributed by atoms with Crippen molar-refractivity contribution < 1.29 is 0 Å². The molecule has 0 spiro atoms. The van der Waals surface area contributed by atoms with Gasteiger partial charge in [0.1, 0.15) is 0 Å². The lowest BCUT2D eigenvalue weighted by molar-refractivity contribution is 2.02. The van der Waals surface area contributed by atoms with E-state index in [1.807, 2.05) is 0 Å². The first-order valence-corrected chi connectivity index (χ1v) is 6.19. The van der Waals surface area contributed by atoms with Crippen LogP contribution in [0.3, 0.4) is 0 Å². The van der Waals surface area contributed by atoms with Crippen LogP contribution in [-0.4, -0.2) is 25.9 Å². The Morgan fingerprint density at radius 3 is 2.00 bits per heavy atom. The van der Waals surface area contributed by atoms with Crippen molar-refractivity contribution in [2.75, 3.05) is 25.9 Å². The molecule has 0 N–H and O–H groups in total. The molecule has 0 radical (unpaired) electrons. The summed E-state index contributed by atoms with van der Waals surface area (Å²) in [5, 5.41) is 0. The Kier molecular flexibility index (Phi) is 4.61. The molecule has 38 valence electrons. The summed E-state index contributed by atoms with van der Waals surface area (Å²) in [7, 11) is 1.58. The predicted molar refractivity (Wildman–Crippen MR) is 37.9 cm³/mol. The summed E-state index contributed by atoms with van der Waals surface area (Å²) in [4.78, 5) is 0. The van der Waals surface area contributed by atoms with E-state index in [9.17, 15) is 0 Å². The first-order chi connectivity index (χ1) is 2.77. The molecule has 0 fully saturated rings. The fraction of sp³-hybridized carbons (Fsp3) is 1.00. The van der Waals surface area contributed by atoms with Crippen LogP contribution in [0.15, 0.2) is 0 Å². The molecule has 0 saturated carbocycles. The van der Waals surface area contributed by atoms with E-state index in [0.29, 0.717) is 7.92 Å². The van der Waals surface area contributed by atoms with Crippen LogP contribution < -0.4 is 0 Å². The average Bonchev–Trinajstić information content (AvgIpc) is 1.35. The van der Waals surface area contributed by atoms with Gasteiger partial charge >= 0.3 is 0 Å². The second-order valence-corrected chi connectivity index (χ2v) is 5.72. The van der Waals surface area contributed by atoms with Crippen molar-refractivity contribution in [3.8, 4) is 0 Å². The van der Waals surface area contributed by atoms with Crippen molar-refractivity contribution in [3.05, 3.63) is 0 Å². The van der Waals surface area contributed by atoms with Crippen LogP contribution in [0.2, 0.25) is 0 Å². The van der Waals surface area contributed by atoms with Crippen LogP contribution in [0, 0.1) is 0 Å². The summed E-state index contributed by atoms with van der Waals surface area (Å²) in [6.45, 7) is 6.92. The normalized spacial score (nSPS) is 12.0. The van der Waals surface area contributed by atoms with E-state index in [0.717, 1.165) is 0 Å². The van der Waals surface area contributed by atoms with Crippen molar-refractivity contribution in [2.24, 2.45) is 0 Å². The molecule has 0 rings (SSSR count). The summed E-state index contributed by atoms with van der Waals surface area (Å²) < 4.78 is 0. The van der Waals surface area contributed by atoms with Gasteiger partial charge in [-0.05, 0) is 25.9 Å². The van der Waals surface area contributed by atoms with Gasteiger partial charge in [-0.3, -0.25) is 0 Å². The molecular formula is C4H12P2. The quantitative estimate of drug-likeness (QED) is 0.491. The zero-order valence-corrected chi connectivity index (χ0v) is 6.55. The second-order valence-electron chi connectivity index (χ2n) is 1.59. The SMILES string of the molecule is CPCP(C)C. The van der Waals surface area contributed by atoms with E-state index >= 15 is 0 Å².